The van der Waals surface area contributed by atoms with Gasteiger partial charge in [-0.2, -0.15) is 4.18 Å². The highest BCUT2D eigenvalue weighted by Crippen LogP contribution is 2.15. The second-order valence-electron chi connectivity index (χ2n) is 2.26. The second kappa shape index (κ2) is 8.72. The average Bonchev–Trinajstić information content (AvgIpc) is 2.10. The predicted molar refractivity (Wildman–Crippen MR) is 45.8 cm³/mol. The maximum absolute atomic E-state index is 10.7. The highest BCUT2D eigenvalue weighted by Gasteiger charge is 2.30. The van der Waals surface area contributed by atoms with Crippen LogP contribution in [0.15, 0.2) is 0 Å². The number of thiol groups is 1. The van der Waals surface area contributed by atoms with E-state index >= 15 is 0 Å². The number of hydrogen-bond donors (Lipinski definition) is 4. The molecule has 0 unspecified atom stereocenters. The van der Waals surface area contributed by atoms with Crippen molar-refractivity contribution in [2.24, 2.45) is 5.73 Å². The minimum absolute atomic E-state index is 0.0353. The summed E-state index contributed by atoms with van der Waals surface area (Å²) in [5, 5.41) is 7.90. The predicted octanol–water partition coefficient (Wildman–Crippen LogP) is -1.19. The van der Waals surface area contributed by atoms with E-state index in [2.05, 4.69) is 4.18 Å². The van der Waals surface area contributed by atoms with Gasteiger partial charge in [0.2, 0.25) is 11.8 Å². The molecule has 0 aliphatic heterocycles. The second-order valence-corrected chi connectivity index (χ2v) is 2.89. The number of carbonyl (C=O) groups excluding carboxylic acids is 2. The number of rotatable bonds is 4. The molecule has 0 bridgehead atoms. The highest BCUT2D eigenvalue weighted by atomic mass is 32.2. The van der Waals surface area contributed by atoms with Crippen LogP contribution in [-0.2, 0) is 24.8 Å². The van der Waals surface area contributed by atoms with Gasteiger partial charge in [-0.05, 0) is 0 Å². The van der Waals surface area contributed by atoms with E-state index in [1.54, 1.807) is 0 Å². The van der Waals surface area contributed by atoms with E-state index in [1.807, 2.05) is 0 Å². The zero-order valence-corrected chi connectivity index (χ0v) is 8.96. The summed E-state index contributed by atoms with van der Waals surface area (Å²) >= 11 is 0. The van der Waals surface area contributed by atoms with Crippen molar-refractivity contribution in [2.75, 3.05) is 0 Å². The molecule has 0 aliphatic rings. The lowest BCUT2D eigenvalue weighted by molar-refractivity contribution is -0.270. The smallest absolute Gasteiger partial charge is 0.370 e. The van der Waals surface area contributed by atoms with Gasteiger partial charge in [-0.25, -0.2) is 13.9 Å². The summed E-state index contributed by atoms with van der Waals surface area (Å²) in [6.45, 7) is 0. The highest BCUT2D eigenvalue weighted by molar-refractivity contribution is 7.67. The Morgan fingerprint density at radius 3 is 1.94 bits per heavy atom. The van der Waals surface area contributed by atoms with E-state index in [4.69, 9.17) is 19.4 Å². The normalized spacial score (nSPS) is 10.4. The van der Waals surface area contributed by atoms with Crippen molar-refractivity contribution in [1.29, 1.82) is 0 Å². The molecular formula is C5H9F3N2O6S. The molecule has 2 amide bonds. The summed E-state index contributed by atoms with van der Waals surface area (Å²) in [6.07, 6.45) is -5.17. The molecule has 8 nitrogen and oxygen atoms in total. The standard InChI is InChI=1S/C4H8N2O3.CHF3O3S/c5-3(7)1-2-4(8)6-9;2-1(3,4)7-8(5)6/h9H,1-2H2,(H2,5,7)(H,6,8);8H. The molecule has 0 aliphatic carbocycles. The van der Waals surface area contributed by atoms with Gasteiger partial charge >= 0.3 is 6.36 Å². The number of nitrogens with one attached hydrogen (secondary N) is 1. The van der Waals surface area contributed by atoms with E-state index in [0.717, 1.165) is 0 Å². The fourth-order valence-corrected chi connectivity index (χ4v) is 0.546. The van der Waals surface area contributed by atoms with Gasteiger partial charge in [0.25, 0.3) is 11.0 Å². The van der Waals surface area contributed by atoms with Crippen LogP contribution in [0, 0.1) is 0 Å². The Hall–Kier alpha value is -1.40. The molecule has 17 heavy (non-hydrogen) atoms. The van der Waals surface area contributed by atoms with Crippen LogP contribution in [0.25, 0.3) is 0 Å². The van der Waals surface area contributed by atoms with Crippen molar-refractivity contribution in [1.82, 2.24) is 5.48 Å². The van der Waals surface area contributed by atoms with E-state index < -0.39 is 29.2 Å². The third-order valence-electron chi connectivity index (χ3n) is 0.901. The number of amides is 2. The van der Waals surface area contributed by atoms with Crippen LogP contribution in [0.1, 0.15) is 12.8 Å². The monoisotopic (exact) mass is 282 g/mol. The van der Waals surface area contributed by atoms with Gasteiger partial charge in [0.15, 0.2) is 0 Å². The number of nitrogens with two attached hydrogens (primary N) is 1. The number of halogens is 3. The van der Waals surface area contributed by atoms with E-state index in [0.29, 0.717) is 0 Å². The molecule has 0 radical (unpaired) electrons. The first-order valence-corrected chi connectivity index (χ1v) is 4.79. The van der Waals surface area contributed by atoms with Crippen molar-refractivity contribution in [3.8, 4) is 0 Å². The Morgan fingerprint density at radius 2 is 1.76 bits per heavy atom. The maximum atomic E-state index is 10.7. The molecule has 0 rings (SSSR count). The molecule has 0 fully saturated rings. The van der Waals surface area contributed by atoms with Crippen molar-refractivity contribution >= 4 is 22.8 Å². The summed E-state index contributed by atoms with van der Waals surface area (Å²) in [7, 11) is -3.81. The van der Waals surface area contributed by atoms with Gasteiger partial charge in [-0.1, -0.05) is 0 Å². The molecular weight excluding hydrogens is 273 g/mol. The van der Waals surface area contributed by atoms with E-state index in [-0.39, 0.29) is 12.8 Å². The summed E-state index contributed by atoms with van der Waals surface area (Å²) in [6, 6.07) is 0. The van der Waals surface area contributed by atoms with Crippen molar-refractivity contribution < 1.29 is 40.6 Å². The van der Waals surface area contributed by atoms with E-state index in [9.17, 15) is 22.8 Å². The molecule has 0 atom stereocenters. The summed E-state index contributed by atoms with van der Waals surface area (Å²) in [4.78, 5) is 20.1. The number of alkyl halides is 3. The average molecular weight is 282 g/mol. The van der Waals surface area contributed by atoms with Crippen LogP contribution in [0.4, 0.5) is 13.2 Å². The SMILES string of the molecule is NC(=O)CCC(=O)NO.O=[SH](=O)OC(F)(F)F. The van der Waals surface area contributed by atoms with Crippen LogP contribution in [0.5, 0.6) is 0 Å². The molecule has 0 spiro atoms. The minimum Gasteiger partial charge on any atom is -0.370 e. The van der Waals surface area contributed by atoms with Crippen molar-refractivity contribution in [3.63, 3.8) is 0 Å². The molecule has 0 saturated heterocycles. The molecule has 0 aromatic heterocycles. The summed E-state index contributed by atoms with van der Waals surface area (Å²) in [5.74, 6) is -1.16. The zero-order valence-electron chi connectivity index (χ0n) is 8.06. The lowest BCUT2D eigenvalue weighted by Gasteiger charge is -1.96. The van der Waals surface area contributed by atoms with Gasteiger partial charge in [0.05, 0.1) is 0 Å². The van der Waals surface area contributed by atoms with Crippen LogP contribution >= 0.6 is 0 Å². The third-order valence-corrected chi connectivity index (χ3v) is 1.26. The quantitative estimate of drug-likeness (QED) is 0.291. The van der Waals surface area contributed by atoms with Gasteiger partial charge in [0, 0.05) is 12.8 Å². The van der Waals surface area contributed by atoms with Crippen molar-refractivity contribution in [2.45, 2.75) is 19.2 Å². The topological polar surface area (TPSA) is 136 Å². The Kier molecular flexibility index (Phi) is 9.22. The Balaban J connectivity index is 0. The fraction of sp³-hybridized carbons (Fsp3) is 0.600. The molecule has 0 heterocycles. The van der Waals surface area contributed by atoms with Crippen LogP contribution < -0.4 is 11.2 Å². The van der Waals surface area contributed by atoms with E-state index in [1.165, 1.54) is 5.48 Å². The maximum Gasteiger partial charge on any atom is 0.537 e. The van der Waals surface area contributed by atoms with Crippen LogP contribution in [0.2, 0.25) is 0 Å². The summed E-state index contributed by atoms with van der Waals surface area (Å²) in [5.41, 5.74) is 6.07. The third kappa shape index (κ3) is 20.6. The number of hydrogen-bond acceptors (Lipinski definition) is 6. The molecule has 4 N–H and O–H groups in total. The van der Waals surface area contributed by atoms with Gasteiger partial charge < -0.3 is 5.73 Å². The lowest BCUT2D eigenvalue weighted by atomic mass is 10.3. The first kappa shape index (κ1) is 18.0. The Bertz CT molecular complexity index is 320. The zero-order chi connectivity index (χ0) is 14.1. The molecule has 0 aromatic rings. The number of primary amides is 1. The molecule has 0 saturated carbocycles. The number of carbonyl (C=O) groups is 2. The van der Waals surface area contributed by atoms with Crippen LogP contribution in [-0.4, -0.2) is 31.8 Å². The minimum atomic E-state index is -5.07. The molecule has 0 aromatic carbocycles. The molecule has 12 heteroatoms. The van der Waals surface area contributed by atoms with Crippen molar-refractivity contribution in [3.05, 3.63) is 0 Å². The largest absolute Gasteiger partial charge is 0.537 e. The Labute approximate surface area is 94.6 Å². The van der Waals surface area contributed by atoms with Gasteiger partial charge in [0.1, 0.15) is 0 Å². The number of hydroxylamine groups is 1. The summed E-state index contributed by atoms with van der Waals surface area (Å²) < 4.78 is 52.7. The van der Waals surface area contributed by atoms with Crippen LogP contribution in [0.3, 0.4) is 0 Å². The fourth-order valence-electron chi connectivity index (χ4n) is 0.377. The van der Waals surface area contributed by atoms with Gasteiger partial charge in [-0.3, -0.25) is 14.8 Å². The molecule has 102 valence electrons. The lowest BCUT2D eigenvalue weighted by Crippen LogP contribution is -2.21. The first-order chi connectivity index (χ1) is 7.58. The van der Waals surface area contributed by atoms with Gasteiger partial charge in [-0.15, -0.1) is 13.2 Å². The Morgan fingerprint density at radius 1 is 1.29 bits per heavy atom. The first-order valence-electron chi connectivity index (χ1n) is 3.70.